The van der Waals surface area contributed by atoms with E-state index in [1.165, 1.54) is 6.47 Å². The summed E-state index contributed by atoms with van der Waals surface area (Å²) in [5.41, 5.74) is 0. The van der Waals surface area contributed by atoms with E-state index in [9.17, 15) is 4.79 Å². The van der Waals surface area contributed by atoms with Gasteiger partial charge in [-0.3, -0.25) is 0 Å². The summed E-state index contributed by atoms with van der Waals surface area (Å²) in [6.07, 6.45) is -0.00694. The average Bonchev–Trinajstić information content (AvgIpc) is 1.67. The molecule has 0 aliphatic heterocycles. The summed E-state index contributed by atoms with van der Waals surface area (Å²) in [6, 6.07) is 0. The van der Waals surface area contributed by atoms with Gasteiger partial charge in [0.15, 0.2) is 0 Å². The third kappa shape index (κ3) is 5.97. The van der Waals surface area contributed by atoms with Gasteiger partial charge in [-0.15, -0.1) is 0 Å². The smallest absolute Gasteiger partial charge is 0.0590 e. The van der Waals surface area contributed by atoms with Crippen molar-refractivity contribution in [1.82, 2.24) is 0 Å². The predicted molar refractivity (Wildman–Crippen MR) is 31.1 cm³/mol. The first kappa shape index (κ1) is 11.8. The first-order valence-electron chi connectivity index (χ1n) is 2.71. The largest absolute Gasteiger partial charge is 0.651 e. The zero-order chi connectivity index (χ0) is 6.57. The molecule has 1 atom stereocenters. The molecule has 9 heavy (non-hydrogen) atoms. The van der Waals surface area contributed by atoms with Gasteiger partial charge in [0.2, 0.25) is 0 Å². The number of hydrogen-bond acceptors (Lipinski definition) is 2. The molecule has 0 N–H and O–H groups in total. The van der Waals surface area contributed by atoms with Gasteiger partial charge in [0.1, 0.15) is 0 Å². The Morgan fingerprint density at radius 1 is 1.33 bits per heavy atom. The Morgan fingerprint density at radius 2 is 1.78 bits per heavy atom. The molecule has 1 radical (unpaired) electrons. The summed E-state index contributed by atoms with van der Waals surface area (Å²) in [6.45, 7) is 7.22. The summed E-state index contributed by atoms with van der Waals surface area (Å²) in [5.74, 6) is 0.386. The van der Waals surface area contributed by atoms with E-state index in [0.29, 0.717) is 5.92 Å². The number of rotatable bonds is 3. The first-order chi connectivity index (χ1) is 3.68. The van der Waals surface area contributed by atoms with Crippen LogP contribution in [0.5, 0.6) is 0 Å². The molecule has 2 nitrogen and oxygen atoms in total. The maximum atomic E-state index is 9.57. The minimum atomic E-state index is -0.00694. The third-order valence-corrected chi connectivity index (χ3v) is 1.17. The summed E-state index contributed by atoms with van der Waals surface area (Å²) in [4.78, 5) is 9.57. The fourth-order valence-corrected chi connectivity index (χ4v) is 0.212. The maximum Gasteiger partial charge on any atom is 0.0590 e. The summed E-state index contributed by atoms with van der Waals surface area (Å²) in [5, 5.41) is 0. The molecule has 0 spiro atoms. The van der Waals surface area contributed by atoms with Crippen LogP contribution in [0.15, 0.2) is 0 Å². The van der Waals surface area contributed by atoms with Crippen LogP contribution in [0.3, 0.4) is 0 Å². The Morgan fingerprint density at radius 3 is 1.89 bits per heavy atom. The monoisotopic (exact) mass is 218 g/mol. The van der Waals surface area contributed by atoms with Gasteiger partial charge in [0.05, 0.1) is 6.10 Å². The third-order valence-electron chi connectivity index (χ3n) is 1.17. The predicted octanol–water partition coefficient (Wildman–Crippen LogP) is 1.11. The van der Waals surface area contributed by atoms with Crippen molar-refractivity contribution < 1.29 is 29.0 Å². The van der Waals surface area contributed by atoms with Crippen molar-refractivity contribution in [1.29, 1.82) is 0 Å². The second-order valence-corrected chi connectivity index (χ2v) is 2.15. The number of carbonyl (C=O) groups excluding carboxylic acids is 1. The fraction of sp³-hybridized carbons (Fsp3) is 0.833. The van der Waals surface area contributed by atoms with Crippen molar-refractivity contribution in [3.63, 3.8) is 0 Å². The van der Waals surface area contributed by atoms with E-state index in [0.717, 1.165) is 0 Å². The van der Waals surface area contributed by atoms with Gasteiger partial charge in [0, 0.05) is 19.5 Å². The molecule has 0 aliphatic carbocycles. The van der Waals surface area contributed by atoms with Gasteiger partial charge in [-0.1, -0.05) is 20.3 Å². The quantitative estimate of drug-likeness (QED) is 0.524. The second-order valence-electron chi connectivity index (χ2n) is 2.15. The van der Waals surface area contributed by atoms with Crippen LogP contribution in [0.1, 0.15) is 20.8 Å². The van der Waals surface area contributed by atoms with Crippen molar-refractivity contribution in [3.8, 4) is 0 Å². The molecule has 0 saturated carbocycles. The van der Waals surface area contributed by atoms with Crippen LogP contribution in [0.2, 0.25) is 0 Å². The van der Waals surface area contributed by atoms with E-state index in [1.807, 2.05) is 20.8 Å². The van der Waals surface area contributed by atoms with E-state index in [2.05, 4.69) is 4.74 Å². The van der Waals surface area contributed by atoms with Crippen molar-refractivity contribution >= 4 is 6.47 Å². The minimum Gasteiger partial charge on any atom is -0.651 e. The van der Waals surface area contributed by atoms with Crippen LogP contribution in [0, 0.1) is 5.92 Å². The Labute approximate surface area is 68.7 Å². The SMILES string of the molecule is CC(C)C(C)O[C-]=O.[Rh]. The molecule has 0 aliphatic rings. The standard InChI is InChI=1S/C6H11O2.Rh/c1-5(2)6(3)8-4-7;/h5-6H,1-3H3;/q-1;. The molecule has 0 fully saturated rings. The van der Waals surface area contributed by atoms with Crippen molar-refractivity contribution in [2.75, 3.05) is 0 Å². The van der Waals surface area contributed by atoms with Gasteiger partial charge < -0.3 is 9.53 Å². The Hall–Kier alpha value is 0.0934. The number of ether oxygens (including phenoxy) is 1. The van der Waals surface area contributed by atoms with Gasteiger partial charge in [0.25, 0.3) is 0 Å². The fourth-order valence-electron chi connectivity index (χ4n) is 0.212. The zero-order valence-electron chi connectivity index (χ0n) is 5.80. The normalized spacial score (nSPS) is 12.0. The molecule has 57 valence electrons. The molecule has 0 heterocycles. The first-order valence-corrected chi connectivity index (χ1v) is 2.71. The second kappa shape index (κ2) is 6.22. The van der Waals surface area contributed by atoms with E-state index >= 15 is 0 Å². The Bertz CT molecular complexity index is 73.5. The molecule has 0 bridgehead atoms. The Kier molecular flexibility index (Phi) is 8.18. The van der Waals surface area contributed by atoms with Gasteiger partial charge in [-0.2, -0.15) is 0 Å². The molecular formula is C6H11O2Rh-. The number of hydrogen-bond donors (Lipinski definition) is 0. The van der Waals surface area contributed by atoms with E-state index in [-0.39, 0.29) is 25.6 Å². The van der Waals surface area contributed by atoms with Crippen LogP contribution < -0.4 is 0 Å². The van der Waals surface area contributed by atoms with Gasteiger partial charge in [-0.25, -0.2) is 0 Å². The molecular weight excluding hydrogens is 207 g/mol. The van der Waals surface area contributed by atoms with E-state index in [1.54, 1.807) is 0 Å². The maximum absolute atomic E-state index is 9.57. The zero-order valence-corrected chi connectivity index (χ0v) is 7.44. The molecule has 0 aromatic rings. The summed E-state index contributed by atoms with van der Waals surface area (Å²) >= 11 is 0. The molecule has 0 rings (SSSR count). The minimum absolute atomic E-state index is 0. The average molecular weight is 218 g/mol. The van der Waals surface area contributed by atoms with Crippen LogP contribution in [0.25, 0.3) is 0 Å². The van der Waals surface area contributed by atoms with Crippen LogP contribution in [0.4, 0.5) is 0 Å². The Balaban J connectivity index is 0. The van der Waals surface area contributed by atoms with Crippen LogP contribution >= 0.6 is 0 Å². The molecule has 0 saturated heterocycles. The van der Waals surface area contributed by atoms with E-state index < -0.39 is 0 Å². The van der Waals surface area contributed by atoms with Crippen molar-refractivity contribution in [2.45, 2.75) is 26.9 Å². The molecule has 0 aromatic carbocycles. The van der Waals surface area contributed by atoms with E-state index in [4.69, 9.17) is 0 Å². The molecule has 3 heteroatoms. The van der Waals surface area contributed by atoms with Gasteiger partial charge >= 0.3 is 0 Å². The summed E-state index contributed by atoms with van der Waals surface area (Å²) in [7, 11) is 0. The topological polar surface area (TPSA) is 26.3 Å². The summed E-state index contributed by atoms with van der Waals surface area (Å²) < 4.78 is 4.50. The van der Waals surface area contributed by atoms with Crippen molar-refractivity contribution in [3.05, 3.63) is 0 Å². The van der Waals surface area contributed by atoms with Crippen LogP contribution in [-0.4, -0.2) is 12.6 Å². The molecule has 0 aromatic heterocycles. The molecule has 1 unspecified atom stereocenters. The van der Waals surface area contributed by atoms with Crippen molar-refractivity contribution in [2.24, 2.45) is 5.92 Å². The molecule has 0 amide bonds. The van der Waals surface area contributed by atoms with Gasteiger partial charge in [-0.05, 0) is 12.8 Å². The van der Waals surface area contributed by atoms with Crippen LogP contribution in [-0.2, 0) is 29.0 Å².